The Kier molecular flexibility index (Phi) is 4.24. The summed E-state index contributed by atoms with van der Waals surface area (Å²) >= 11 is 0. The summed E-state index contributed by atoms with van der Waals surface area (Å²) in [6, 6.07) is 4.61. The lowest BCUT2D eigenvalue weighted by molar-refractivity contribution is 0.196. The summed E-state index contributed by atoms with van der Waals surface area (Å²) in [5.41, 5.74) is 0. The fourth-order valence-corrected chi connectivity index (χ4v) is 2.65. The van der Waals surface area contributed by atoms with E-state index in [-0.39, 0.29) is 0 Å². The lowest BCUT2D eigenvalue weighted by Crippen LogP contribution is -2.30. The van der Waals surface area contributed by atoms with Crippen LogP contribution in [0.5, 0.6) is 0 Å². The highest BCUT2D eigenvalue weighted by molar-refractivity contribution is 5.10. The highest BCUT2D eigenvalue weighted by Crippen LogP contribution is 2.30. The minimum Gasteiger partial charge on any atom is -0.465 e. The second-order valence-electron chi connectivity index (χ2n) is 5.36. The molecule has 17 heavy (non-hydrogen) atoms. The zero-order valence-corrected chi connectivity index (χ0v) is 11.2. The highest BCUT2D eigenvalue weighted by atomic mass is 16.3. The van der Waals surface area contributed by atoms with Crippen LogP contribution in [-0.4, -0.2) is 32.1 Å². The molecule has 1 aromatic heterocycles. The van der Waals surface area contributed by atoms with Crippen molar-refractivity contribution in [1.29, 1.82) is 0 Å². The summed E-state index contributed by atoms with van der Waals surface area (Å²) in [7, 11) is 4.28. The van der Waals surface area contributed by atoms with E-state index in [1.54, 1.807) is 0 Å². The minimum absolute atomic E-state index is 0.423. The summed E-state index contributed by atoms with van der Waals surface area (Å²) < 4.78 is 5.79. The van der Waals surface area contributed by atoms with Gasteiger partial charge in [-0.05, 0) is 71.4 Å². The van der Waals surface area contributed by atoms with Gasteiger partial charge in [0, 0.05) is 0 Å². The van der Waals surface area contributed by atoms with Crippen LogP contribution in [-0.2, 0) is 0 Å². The molecule has 0 saturated carbocycles. The van der Waals surface area contributed by atoms with E-state index in [9.17, 15) is 0 Å². The summed E-state index contributed by atoms with van der Waals surface area (Å²) in [6.45, 7) is 4.35. The van der Waals surface area contributed by atoms with Gasteiger partial charge in [-0.1, -0.05) is 0 Å². The van der Waals surface area contributed by atoms with E-state index in [4.69, 9.17) is 4.42 Å². The maximum absolute atomic E-state index is 5.79. The van der Waals surface area contributed by atoms with E-state index >= 15 is 0 Å². The van der Waals surface area contributed by atoms with Crippen molar-refractivity contribution >= 4 is 0 Å². The third kappa shape index (κ3) is 3.33. The molecule has 0 aliphatic carbocycles. The molecule has 96 valence electrons. The van der Waals surface area contributed by atoms with Crippen molar-refractivity contribution in [3.8, 4) is 0 Å². The molecule has 0 radical (unpaired) electrons. The molecular formula is C14H24N2O. The van der Waals surface area contributed by atoms with Crippen molar-refractivity contribution in [2.45, 2.75) is 32.2 Å². The molecule has 3 heteroatoms. The first-order valence-corrected chi connectivity index (χ1v) is 6.60. The van der Waals surface area contributed by atoms with Crippen LogP contribution < -0.4 is 5.32 Å². The maximum atomic E-state index is 5.79. The lowest BCUT2D eigenvalue weighted by atomic mass is 9.90. The standard InChI is InChI=1S/C14H24N2O/c1-11-4-5-14(17-11)13(16(2)3)10-12-6-8-15-9-7-12/h4-5,12-13,15H,6-10H2,1-3H3. The fourth-order valence-electron chi connectivity index (χ4n) is 2.65. The molecule has 0 amide bonds. The van der Waals surface area contributed by atoms with E-state index in [1.165, 1.54) is 32.4 Å². The van der Waals surface area contributed by atoms with Crippen LogP contribution in [0.1, 0.15) is 36.8 Å². The molecule has 0 bridgehead atoms. The molecule has 2 heterocycles. The van der Waals surface area contributed by atoms with Crippen molar-refractivity contribution in [3.63, 3.8) is 0 Å². The molecule has 1 aromatic rings. The number of furan rings is 1. The third-order valence-electron chi connectivity index (χ3n) is 3.73. The van der Waals surface area contributed by atoms with Crippen LogP contribution in [0.3, 0.4) is 0 Å². The van der Waals surface area contributed by atoms with Gasteiger partial charge < -0.3 is 9.73 Å². The van der Waals surface area contributed by atoms with Gasteiger partial charge in [-0.25, -0.2) is 0 Å². The fraction of sp³-hybridized carbons (Fsp3) is 0.714. The first-order valence-electron chi connectivity index (χ1n) is 6.60. The number of nitrogens with one attached hydrogen (secondary N) is 1. The number of rotatable bonds is 4. The van der Waals surface area contributed by atoms with Gasteiger partial charge in [0.25, 0.3) is 0 Å². The van der Waals surface area contributed by atoms with E-state index in [0.29, 0.717) is 6.04 Å². The van der Waals surface area contributed by atoms with Crippen LogP contribution in [0.4, 0.5) is 0 Å². The van der Waals surface area contributed by atoms with Gasteiger partial charge in [0.1, 0.15) is 11.5 Å². The third-order valence-corrected chi connectivity index (χ3v) is 3.73. The predicted molar refractivity (Wildman–Crippen MR) is 70.1 cm³/mol. The summed E-state index contributed by atoms with van der Waals surface area (Å²) in [6.07, 6.45) is 3.80. The van der Waals surface area contributed by atoms with Gasteiger partial charge in [0.15, 0.2) is 0 Å². The SMILES string of the molecule is Cc1ccc(C(CC2CCNCC2)N(C)C)o1. The molecule has 1 aliphatic rings. The van der Waals surface area contributed by atoms with Crippen molar-refractivity contribution < 1.29 is 4.42 Å². The van der Waals surface area contributed by atoms with Gasteiger partial charge in [-0.2, -0.15) is 0 Å². The Balaban J connectivity index is 2.01. The summed E-state index contributed by atoms with van der Waals surface area (Å²) in [4.78, 5) is 2.28. The van der Waals surface area contributed by atoms with Crippen molar-refractivity contribution in [3.05, 3.63) is 23.7 Å². The highest BCUT2D eigenvalue weighted by Gasteiger charge is 2.23. The quantitative estimate of drug-likeness (QED) is 0.871. The lowest BCUT2D eigenvalue weighted by Gasteiger charge is -2.29. The normalized spacial score (nSPS) is 19.8. The van der Waals surface area contributed by atoms with Crippen LogP contribution in [0.2, 0.25) is 0 Å². The number of aryl methyl sites for hydroxylation is 1. The van der Waals surface area contributed by atoms with Gasteiger partial charge in [0.2, 0.25) is 0 Å². The van der Waals surface area contributed by atoms with Gasteiger partial charge in [0.05, 0.1) is 6.04 Å². The number of hydrogen-bond acceptors (Lipinski definition) is 3. The van der Waals surface area contributed by atoms with E-state index in [1.807, 2.05) is 6.92 Å². The zero-order valence-electron chi connectivity index (χ0n) is 11.2. The second kappa shape index (κ2) is 5.69. The van der Waals surface area contributed by atoms with Gasteiger partial charge in [-0.15, -0.1) is 0 Å². The second-order valence-corrected chi connectivity index (χ2v) is 5.36. The van der Waals surface area contributed by atoms with Gasteiger partial charge >= 0.3 is 0 Å². The smallest absolute Gasteiger partial charge is 0.121 e. The van der Waals surface area contributed by atoms with Crippen molar-refractivity contribution in [2.75, 3.05) is 27.2 Å². The van der Waals surface area contributed by atoms with E-state index in [0.717, 1.165) is 17.4 Å². The van der Waals surface area contributed by atoms with Crippen LogP contribution in [0.25, 0.3) is 0 Å². The van der Waals surface area contributed by atoms with Crippen molar-refractivity contribution in [2.24, 2.45) is 5.92 Å². The Hall–Kier alpha value is -0.800. The zero-order chi connectivity index (χ0) is 12.3. The molecule has 1 fully saturated rings. The Morgan fingerprint density at radius 3 is 2.59 bits per heavy atom. The molecule has 2 rings (SSSR count). The van der Waals surface area contributed by atoms with Crippen molar-refractivity contribution in [1.82, 2.24) is 10.2 Å². The largest absolute Gasteiger partial charge is 0.465 e. The molecule has 0 spiro atoms. The predicted octanol–water partition coefficient (Wildman–Crippen LogP) is 2.58. The molecule has 1 aliphatic heterocycles. The average Bonchev–Trinajstić information content (AvgIpc) is 2.73. The van der Waals surface area contributed by atoms with E-state index in [2.05, 4.69) is 36.4 Å². The van der Waals surface area contributed by atoms with Crippen LogP contribution in [0, 0.1) is 12.8 Å². The van der Waals surface area contributed by atoms with Crippen LogP contribution in [0.15, 0.2) is 16.5 Å². The average molecular weight is 236 g/mol. The first kappa shape index (κ1) is 12.7. The Bertz CT molecular complexity index is 340. The van der Waals surface area contributed by atoms with Gasteiger partial charge in [-0.3, -0.25) is 4.90 Å². The number of hydrogen-bond donors (Lipinski definition) is 1. The topological polar surface area (TPSA) is 28.4 Å². The first-order chi connectivity index (χ1) is 8.16. The summed E-state index contributed by atoms with van der Waals surface area (Å²) in [5.74, 6) is 2.96. The number of piperidine rings is 1. The van der Waals surface area contributed by atoms with E-state index < -0.39 is 0 Å². The molecule has 1 atom stereocenters. The minimum atomic E-state index is 0.423. The monoisotopic (exact) mass is 236 g/mol. The molecular weight excluding hydrogens is 212 g/mol. The van der Waals surface area contributed by atoms with Crippen LogP contribution >= 0.6 is 0 Å². The number of nitrogens with zero attached hydrogens (tertiary/aromatic N) is 1. The molecule has 3 nitrogen and oxygen atoms in total. The molecule has 0 aromatic carbocycles. The Labute approximate surface area is 104 Å². The molecule has 1 N–H and O–H groups in total. The maximum Gasteiger partial charge on any atom is 0.121 e. The summed E-state index contributed by atoms with van der Waals surface area (Å²) in [5, 5.41) is 3.42. The molecule has 1 saturated heterocycles. The molecule has 1 unspecified atom stereocenters. The Morgan fingerprint density at radius 1 is 1.35 bits per heavy atom. The Morgan fingerprint density at radius 2 is 2.06 bits per heavy atom.